The SMILES string of the molecule is CCOC(=O)c1cc(S(=O)(=O)NCC2Cc3ccccc32)[nH]n1. The third kappa shape index (κ3) is 3.13. The highest BCUT2D eigenvalue weighted by Gasteiger charge is 2.28. The van der Waals surface area contributed by atoms with Crippen molar-refractivity contribution in [2.45, 2.75) is 24.3 Å². The Hall–Kier alpha value is -2.19. The van der Waals surface area contributed by atoms with Crippen molar-refractivity contribution in [3.8, 4) is 0 Å². The molecule has 1 aromatic carbocycles. The van der Waals surface area contributed by atoms with Crippen LogP contribution in [0.15, 0.2) is 35.4 Å². The number of carbonyl (C=O) groups is 1. The van der Waals surface area contributed by atoms with Crippen molar-refractivity contribution in [2.75, 3.05) is 13.2 Å². The fraction of sp³-hybridized carbons (Fsp3) is 0.333. The quantitative estimate of drug-likeness (QED) is 0.773. The van der Waals surface area contributed by atoms with E-state index < -0.39 is 16.0 Å². The van der Waals surface area contributed by atoms with Crippen molar-refractivity contribution < 1.29 is 17.9 Å². The van der Waals surface area contributed by atoms with Crippen LogP contribution in [0.2, 0.25) is 0 Å². The molecule has 1 aliphatic rings. The largest absolute Gasteiger partial charge is 0.461 e. The summed E-state index contributed by atoms with van der Waals surface area (Å²) in [5.41, 5.74) is 2.37. The van der Waals surface area contributed by atoms with Gasteiger partial charge in [0.15, 0.2) is 10.7 Å². The van der Waals surface area contributed by atoms with Gasteiger partial charge in [-0.05, 0) is 24.5 Å². The van der Waals surface area contributed by atoms with Gasteiger partial charge in [-0.3, -0.25) is 5.10 Å². The first-order valence-corrected chi connectivity index (χ1v) is 8.79. The lowest BCUT2D eigenvalue weighted by atomic mass is 9.78. The van der Waals surface area contributed by atoms with Crippen LogP contribution in [-0.2, 0) is 21.2 Å². The summed E-state index contributed by atoms with van der Waals surface area (Å²) in [5.74, 6) is -0.480. The first-order valence-electron chi connectivity index (χ1n) is 7.31. The molecule has 1 aromatic heterocycles. The van der Waals surface area contributed by atoms with E-state index in [9.17, 15) is 13.2 Å². The van der Waals surface area contributed by atoms with Crippen LogP contribution in [-0.4, -0.2) is 37.7 Å². The molecule has 0 aliphatic heterocycles. The van der Waals surface area contributed by atoms with Crippen LogP contribution in [0.25, 0.3) is 0 Å². The summed E-state index contributed by atoms with van der Waals surface area (Å²) in [6, 6.07) is 9.14. The number of nitrogens with one attached hydrogen (secondary N) is 2. The van der Waals surface area contributed by atoms with Crippen molar-refractivity contribution in [1.82, 2.24) is 14.9 Å². The minimum absolute atomic E-state index is 0.0544. The Morgan fingerprint density at radius 1 is 1.43 bits per heavy atom. The van der Waals surface area contributed by atoms with Crippen molar-refractivity contribution >= 4 is 16.0 Å². The van der Waals surface area contributed by atoms with Gasteiger partial charge >= 0.3 is 5.97 Å². The summed E-state index contributed by atoms with van der Waals surface area (Å²) < 4.78 is 31.8. The van der Waals surface area contributed by atoms with Gasteiger partial charge in [-0.25, -0.2) is 17.9 Å². The lowest BCUT2D eigenvalue weighted by molar-refractivity contribution is 0.0519. The van der Waals surface area contributed by atoms with E-state index in [-0.39, 0.29) is 23.2 Å². The van der Waals surface area contributed by atoms with E-state index in [0.29, 0.717) is 6.54 Å². The first kappa shape index (κ1) is 15.7. The van der Waals surface area contributed by atoms with E-state index in [1.54, 1.807) is 6.92 Å². The maximum Gasteiger partial charge on any atom is 0.358 e. The van der Waals surface area contributed by atoms with Gasteiger partial charge in [0.05, 0.1) is 6.61 Å². The predicted molar refractivity (Wildman–Crippen MR) is 82.6 cm³/mol. The zero-order valence-electron chi connectivity index (χ0n) is 12.6. The number of benzene rings is 1. The molecule has 8 heteroatoms. The van der Waals surface area contributed by atoms with E-state index in [1.165, 1.54) is 17.2 Å². The summed E-state index contributed by atoms with van der Waals surface area (Å²) in [7, 11) is -3.74. The van der Waals surface area contributed by atoms with Crippen molar-refractivity contribution in [3.05, 3.63) is 47.2 Å². The van der Waals surface area contributed by atoms with E-state index >= 15 is 0 Å². The predicted octanol–water partition coefficient (Wildman–Crippen LogP) is 1.20. The highest BCUT2D eigenvalue weighted by atomic mass is 32.2. The van der Waals surface area contributed by atoms with Gasteiger partial charge in [0.2, 0.25) is 0 Å². The zero-order chi connectivity index (χ0) is 16.4. The van der Waals surface area contributed by atoms with Crippen LogP contribution < -0.4 is 4.72 Å². The molecule has 1 heterocycles. The van der Waals surface area contributed by atoms with Gasteiger partial charge in [-0.15, -0.1) is 0 Å². The van der Waals surface area contributed by atoms with Crippen LogP contribution in [0, 0.1) is 0 Å². The first-order chi connectivity index (χ1) is 11.0. The number of esters is 1. The van der Waals surface area contributed by atoms with Crippen LogP contribution in [0.3, 0.4) is 0 Å². The highest BCUT2D eigenvalue weighted by molar-refractivity contribution is 7.89. The number of aromatic nitrogens is 2. The molecule has 2 aromatic rings. The molecule has 7 nitrogen and oxygen atoms in total. The Bertz CT molecular complexity index is 829. The summed E-state index contributed by atoms with van der Waals surface area (Å²) >= 11 is 0. The number of carbonyl (C=O) groups excluding carboxylic acids is 1. The third-order valence-corrected chi connectivity index (χ3v) is 5.14. The molecule has 0 bridgehead atoms. The standard InChI is InChI=1S/C15H17N3O4S/c1-2-22-15(19)13-8-14(18-17-13)23(20,21)16-9-11-7-10-5-3-4-6-12(10)11/h3-6,8,11,16H,2,7,9H2,1H3,(H,17,18). The van der Waals surface area contributed by atoms with Crippen LogP contribution in [0.5, 0.6) is 0 Å². The van der Waals surface area contributed by atoms with Crippen LogP contribution in [0.1, 0.15) is 34.5 Å². The van der Waals surface area contributed by atoms with Gasteiger partial charge in [0, 0.05) is 18.5 Å². The molecule has 3 rings (SSSR count). The smallest absolute Gasteiger partial charge is 0.358 e. The van der Waals surface area contributed by atoms with E-state index in [4.69, 9.17) is 4.74 Å². The lowest BCUT2D eigenvalue weighted by Crippen LogP contribution is -2.33. The minimum Gasteiger partial charge on any atom is -0.461 e. The lowest BCUT2D eigenvalue weighted by Gasteiger charge is -2.29. The molecule has 0 radical (unpaired) electrons. The summed E-state index contributed by atoms with van der Waals surface area (Å²) in [6.45, 7) is 2.18. The number of nitrogens with zero attached hydrogens (tertiary/aromatic N) is 1. The maximum absolute atomic E-state index is 12.2. The minimum atomic E-state index is -3.74. The summed E-state index contributed by atoms with van der Waals surface area (Å²) in [5, 5.41) is 5.90. The molecule has 0 saturated carbocycles. The number of hydrogen-bond acceptors (Lipinski definition) is 5. The molecule has 0 spiro atoms. The normalized spacial score (nSPS) is 16.5. The van der Waals surface area contributed by atoms with Crippen LogP contribution >= 0.6 is 0 Å². The topological polar surface area (TPSA) is 101 Å². The Morgan fingerprint density at radius 2 is 2.22 bits per heavy atom. The van der Waals surface area contributed by atoms with E-state index in [0.717, 1.165) is 6.42 Å². The Labute approximate surface area is 134 Å². The molecule has 23 heavy (non-hydrogen) atoms. The number of fused-ring (bicyclic) bond motifs is 1. The van der Waals surface area contributed by atoms with Gasteiger partial charge < -0.3 is 4.74 Å². The van der Waals surface area contributed by atoms with E-state index in [1.807, 2.05) is 24.3 Å². The number of hydrogen-bond donors (Lipinski definition) is 2. The van der Waals surface area contributed by atoms with Crippen molar-refractivity contribution in [1.29, 1.82) is 0 Å². The molecule has 0 saturated heterocycles. The summed E-state index contributed by atoms with van der Waals surface area (Å²) in [6.07, 6.45) is 0.857. The molecule has 0 fully saturated rings. The van der Waals surface area contributed by atoms with Crippen molar-refractivity contribution in [2.24, 2.45) is 0 Å². The number of aromatic amines is 1. The van der Waals surface area contributed by atoms with Crippen LogP contribution in [0.4, 0.5) is 0 Å². The molecule has 1 atom stereocenters. The molecule has 1 aliphatic carbocycles. The molecule has 122 valence electrons. The average Bonchev–Trinajstić information content (AvgIpc) is 2.99. The summed E-state index contributed by atoms with van der Waals surface area (Å²) in [4.78, 5) is 11.5. The number of sulfonamides is 1. The average molecular weight is 335 g/mol. The second-order valence-electron chi connectivity index (χ2n) is 5.29. The van der Waals surface area contributed by atoms with Gasteiger partial charge in [-0.1, -0.05) is 24.3 Å². The number of rotatable bonds is 6. The maximum atomic E-state index is 12.2. The zero-order valence-corrected chi connectivity index (χ0v) is 13.4. The highest BCUT2D eigenvalue weighted by Crippen LogP contribution is 2.34. The molecular formula is C15H17N3O4S. The number of H-pyrrole nitrogens is 1. The molecular weight excluding hydrogens is 318 g/mol. The molecule has 0 amide bonds. The molecule has 2 N–H and O–H groups in total. The van der Waals surface area contributed by atoms with Gasteiger partial charge in [0.25, 0.3) is 10.0 Å². The fourth-order valence-corrected chi connectivity index (χ4v) is 3.59. The Morgan fingerprint density at radius 3 is 2.96 bits per heavy atom. The van der Waals surface area contributed by atoms with E-state index in [2.05, 4.69) is 14.9 Å². The second-order valence-corrected chi connectivity index (χ2v) is 7.03. The number of ether oxygens (including phenoxy) is 1. The third-order valence-electron chi connectivity index (χ3n) is 3.81. The van der Waals surface area contributed by atoms with Gasteiger partial charge in [-0.2, -0.15) is 5.10 Å². The molecule has 1 unspecified atom stereocenters. The second kappa shape index (κ2) is 6.13. The monoisotopic (exact) mass is 335 g/mol. The van der Waals surface area contributed by atoms with Gasteiger partial charge in [0.1, 0.15) is 0 Å². The Balaban J connectivity index is 1.65. The van der Waals surface area contributed by atoms with Crippen molar-refractivity contribution in [3.63, 3.8) is 0 Å². The fourth-order valence-electron chi connectivity index (χ4n) is 2.58. The Kier molecular flexibility index (Phi) is 4.18.